The van der Waals surface area contributed by atoms with E-state index in [0.717, 1.165) is 27.7 Å². The average Bonchev–Trinajstić information content (AvgIpc) is 3.21. The largest absolute Gasteiger partial charge is 0.461 e. The van der Waals surface area contributed by atoms with Crippen molar-refractivity contribution in [2.24, 2.45) is 0 Å². The van der Waals surface area contributed by atoms with E-state index in [9.17, 15) is 9.90 Å². The van der Waals surface area contributed by atoms with Crippen molar-refractivity contribution in [1.29, 1.82) is 0 Å². The van der Waals surface area contributed by atoms with Crippen LogP contribution in [0.3, 0.4) is 0 Å². The first-order valence-electron chi connectivity index (χ1n) is 12.0. The number of carbonyl (C=O) groups excluding carboxylic acids is 1. The molecule has 180 valence electrons. The highest BCUT2D eigenvalue weighted by Gasteiger charge is 2.36. The smallest absolute Gasteiger partial charge is 0.309 e. The number of hydrogen-bond donors (Lipinski definition) is 2. The van der Waals surface area contributed by atoms with Crippen molar-refractivity contribution in [2.75, 3.05) is 5.75 Å². The monoisotopic (exact) mass is 478 g/mol. The standard InChI is InChI=1S/C28H34N2O3S/c1-17(2)19-6-10-21(11-7-19)25-26(22-12-8-20(9-13-22)18(3)4)30-27(29-25)34-16-23-14-28(5,32)15-24(31)33-23/h6-13,17-18,23,32H,14-16H2,1-5H3,(H,29,30)/t23-,28?/m1/s1. The van der Waals surface area contributed by atoms with Gasteiger partial charge in [-0.3, -0.25) is 4.79 Å². The second-order valence-corrected chi connectivity index (χ2v) is 11.1. The Balaban J connectivity index is 1.63. The molecule has 2 atom stereocenters. The van der Waals surface area contributed by atoms with E-state index in [1.807, 2.05) is 0 Å². The Bertz CT molecular complexity index is 1060. The fourth-order valence-electron chi connectivity index (χ4n) is 4.31. The van der Waals surface area contributed by atoms with E-state index in [4.69, 9.17) is 9.72 Å². The van der Waals surface area contributed by atoms with Crippen molar-refractivity contribution in [1.82, 2.24) is 9.97 Å². The summed E-state index contributed by atoms with van der Waals surface area (Å²) in [6.45, 7) is 10.5. The van der Waals surface area contributed by atoms with E-state index >= 15 is 0 Å². The van der Waals surface area contributed by atoms with Gasteiger partial charge in [0.15, 0.2) is 5.16 Å². The first-order chi connectivity index (χ1) is 16.1. The van der Waals surface area contributed by atoms with Gasteiger partial charge in [-0.05, 0) is 29.9 Å². The molecule has 2 heterocycles. The molecule has 0 bridgehead atoms. The summed E-state index contributed by atoms with van der Waals surface area (Å²) in [5.74, 6) is 1.13. The molecule has 2 aromatic carbocycles. The van der Waals surface area contributed by atoms with Crippen LogP contribution in [0.2, 0.25) is 0 Å². The Hall–Kier alpha value is -2.57. The number of H-pyrrole nitrogens is 1. The minimum Gasteiger partial charge on any atom is -0.461 e. The van der Waals surface area contributed by atoms with Crippen molar-refractivity contribution in [2.45, 2.75) is 76.2 Å². The average molecular weight is 479 g/mol. The topological polar surface area (TPSA) is 75.2 Å². The number of hydrogen-bond acceptors (Lipinski definition) is 5. The third kappa shape index (κ3) is 5.73. The highest BCUT2D eigenvalue weighted by Crippen LogP contribution is 2.35. The fraction of sp³-hybridized carbons (Fsp3) is 0.429. The van der Waals surface area contributed by atoms with Gasteiger partial charge in [0.1, 0.15) is 6.10 Å². The number of esters is 1. The molecule has 0 amide bonds. The molecule has 1 saturated heterocycles. The summed E-state index contributed by atoms with van der Waals surface area (Å²) in [6, 6.07) is 17.2. The molecule has 1 aromatic heterocycles. The number of aromatic amines is 1. The van der Waals surface area contributed by atoms with E-state index in [0.29, 0.717) is 24.0 Å². The number of thioether (sulfide) groups is 1. The molecule has 0 radical (unpaired) electrons. The molecule has 4 rings (SSSR count). The normalized spacial score (nSPS) is 20.7. The number of nitrogens with one attached hydrogen (secondary N) is 1. The van der Waals surface area contributed by atoms with Gasteiger partial charge < -0.3 is 14.8 Å². The van der Waals surface area contributed by atoms with Crippen LogP contribution in [0.25, 0.3) is 22.5 Å². The molecule has 34 heavy (non-hydrogen) atoms. The van der Waals surface area contributed by atoms with Gasteiger partial charge in [-0.2, -0.15) is 0 Å². The lowest BCUT2D eigenvalue weighted by Gasteiger charge is -2.32. The Morgan fingerprint density at radius 2 is 1.59 bits per heavy atom. The molecule has 0 aliphatic carbocycles. The first-order valence-corrected chi connectivity index (χ1v) is 12.9. The van der Waals surface area contributed by atoms with Crippen LogP contribution in [0.4, 0.5) is 0 Å². The molecule has 0 saturated carbocycles. The van der Waals surface area contributed by atoms with Crippen molar-refractivity contribution < 1.29 is 14.6 Å². The molecular weight excluding hydrogens is 444 g/mol. The summed E-state index contributed by atoms with van der Waals surface area (Å²) in [5, 5.41) is 11.1. The maximum Gasteiger partial charge on any atom is 0.309 e. The molecular formula is C28H34N2O3S. The summed E-state index contributed by atoms with van der Waals surface area (Å²) in [4.78, 5) is 20.3. The van der Waals surface area contributed by atoms with Gasteiger partial charge in [0.2, 0.25) is 0 Å². The molecule has 2 N–H and O–H groups in total. The Kier molecular flexibility index (Phi) is 7.20. The quantitative estimate of drug-likeness (QED) is 0.298. The number of rotatable bonds is 7. The van der Waals surface area contributed by atoms with Gasteiger partial charge in [0, 0.05) is 23.3 Å². The molecule has 5 nitrogen and oxygen atoms in total. The number of cyclic esters (lactones) is 1. The van der Waals surface area contributed by atoms with Gasteiger partial charge in [-0.1, -0.05) is 88.0 Å². The van der Waals surface area contributed by atoms with Crippen LogP contribution in [0.15, 0.2) is 53.7 Å². The van der Waals surface area contributed by atoms with E-state index in [1.54, 1.807) is 6.92 Å². The zero-order chi connectivity index (χ0) is 24.5. The second kappa shape index (κ2) is 9.96. The summed E-state index contributed by atoms with van der Waals surface area (Å²) in [7, 11) is 0. The third-order valence-corrected chi connectivity index (χ3v) is 7.30. The van der Waals surface area contributed by atoms with Crippen molar-refractivity contribution >= 4 is 17.7 Å². The summed E-state index contributed by atoms with van der Waals surface area (Å²) < 4.78 is 5.46. The number of benzene rings is 2. The number of ether oxygens (including phenoxy) is 1. The van der Waals surface area contributed by atoms with Crippen LogP contribution in [-0.2, 0) is 9.53 Å². The van der Waals surface area contributed by atoms with Crippen molar-refractivity contribution in [3.8, 4) is 22.5 Å². The molecule has 0 spiro atoms. The third-order valence-electron chi connectivity index (χ3n) is 6.30. The van der Waals surface area contributed by atoms with Gasteiger partial charge in [0.05, 0.1) is 23.4 Å². The zero-order valence-corrected chi connectivity index (χ0v) is 21.4. The number of imidazole rings is 1. The van der Waals surface area contributed by atoms with Crippen LogP contribution in [0.5, 0.6) is 0 Å². The lowest BCUT2D eigenvalue weighted by molar-refractivity contribution is -0.165. The number of aliphatic hydroxyl groups is 1. The Labute approximate surface area is 206 Å². The zero-order valence-electron chi connectivity index (χ0n) is 20.6. The van der Waals surface area contributed by atoms with E-state index in [1.165, 1.54) is 22.9 Å². The van der Waals surface area contributed by atoms with Crippen LogP contribution < -0.4 is 0 Å². The highest BCUT2D eigenvalue weighted by molar-refractivity contribution is 7.99. The minimum atomic E-state index is -1.02. The number of carbonyl (C=O) groups is 1. The first kappa shape index (κ1) is 24.6. The number of aromatic nitrogens is 2. The molecule has 1 fully saturated rings. The van der Waals surface area contributed by atoms with Crippen LogP contribution in [0.1, 0.15) is 70.4 Å². The van der Waals surface area contributed by atoms with E-state index in [2.05, 4.69) is 81.2 Å². The summed E-state index contributed by atoms with van der Waals surface area (Å²) >= 11 is 1.52. The van der Waals surface area contributed by atoms with E-state index in [-0.39, 0.29) is 18.5 Å². The van der Waals surface area contributed by atoms with Gasteiger partial charge in [-0.15, -0.1) is 0 Å². The fourth-order valence-corrected chi connectivity index (χ4v) is 5.17. The predicted molar refractivity (Wildman–Crippen MR) is 138 cm³/mol. The summed E-state index contributed by atoms with van der Waals surface area (Å²) in [5.41, 5.74) is 5.59. The molecule has 6 heteroatoms. The van der Waals surface area contributed by atoms with Crippen LogP contribution in [0, 0.1) is 0 Å². The lowest BCUT2D eigenvalue weighted by Crippen LogP contribution is -2.41. The van der Waals surface area contributed by atoms with Gasteiger partial charge >= 0.3 is 5.97 Å². The van der Waals surface area contributed by atoms with E-state index < -0.39 is 5.60 Å². The van der Waals surface area contributed by atoms with Gasteiger partial charge in [0.25, 0.3) is 0 Å². The van der Waals surface area contributed by atoms with Gasteiger partial charge in [-0.25, -0.2) is 4.98 Å². The Morgan fingerprint density at radius 3 is 2.12 bits per heavy atom. The van der Waals surface area contributed by atoms with Crippen molar-refractivity contribution in [3.05, 3.63) is 59.7 Å². The molecule has 1 aliphatic rings. The Morgan fingerprint density at radius 1 is 1.03 bits per heavy atom. The second-order valence-electron chi connectivity index (χ2n) is 10.1. The molecule has 3 aromatic rings. The molecule has 1 unspecified atom stereocenters. The SMILES string of the molecule is CC(C)c1ccc(-c2nc(SC[C@H]3CC(C)(O)CC(=O)O3)[nH]c2-c2ccc(C(C)C)cc2)cc1. The predicted octanol–water partition coefficient (Wildman–Crippen LogP) is 6.54. The highest BCUT2D eigenvalue weighted by atomic mass is 32.2. The maximum absolute atomic E-state index is 11.9. The van der Waals surface area contributed by atoms with Crippen LogP contribution >= 0.6 is 11.8 Å². The van der Waals surface area contributed by atoms with Crippen molar-refractivity contribution in [3.63, 3.8) is 0 Å². The van der Waals surface area contributed by atoms with Crippen LogP contribution in [-0.4, -0.2) is 38.5 Å². The lowest BCUT2D eigenvalue weighted by atomic mass is 9.93. The summed E-state index contributed by atoms with van der Waals surface area (Å²) in [6.07, 6.45) is 0.135. The minimum absolute atomic E-state index is 0.0436. The molecule has 1 aliphatic heterocycles. The maximum atomic E-state index is 11.9. The number of nitrogens with zero attached hydrogens (tertiary/aromatic N) is 1.